The summed E-state index contributed by atoms with van der Waals surface area (Å²) in [6.45, 7) is 6.67. The van der Waals surface area contributed by atoms with Crippen molar-refractivity contribution in [3.8, 4) is 0 Å². The summed E-state index contributed by atoms with van der Waals surface area (Å²) in [6.07, 6.45) is 2.06. The number of hydrogen-bond acceptors (Lipinski definition) is 5. The van der Waals surface area contributed by atoms with Crippen LogP contribution in [0.5, 0.6) is 0 Å². The Hall–Kier alpha value is -2.63. The molecule has 1 aromatic carbocycles. The SMILES string of the molecule is CCOC(=O)c1cnc2ccc(C)cc2c1N1CCC(C)(C(=O)O)C1. The van der Waals surface area contributed by atoms with Crippen LogP contribution in [-0.2, 0) is 9.53 Å². The van der Waals surface area contributed by atoms with Gasteiger partial charge in [0, 0.05) is 24.7 Å². The van der Waals surface area contributed by atoms with Crippen LogP contribution in [0.4, 0.5) is 5.69 Å². The number of hydrogen-bond donors (Lipinski definition) is 1. The molecule has 1 fully saturated rings. The number of rotatable bonds is 4. The highest BCUT2D eigenvalue weighted by atomic mass is 16.5. The smallest absolute Gasteiger partial charge is 0.341 e. The van der Waals surface area contributed by atoms with Gasteiger partial charge in [-0.3, -0.25) is 9.78 Å². The zero-order valence-electron chi connectivity index (χ0n) is 14.7. The molecule has 0 aliphatic carbocycles. The molecule has 6 nitrogen and oxygen atoms in total. The number of anilines is 1. The third kappa shape index (κ3) is 3.04. The predicted octanol–water partition coefficient (Wildman–Crippen LogP) is 3.02. The molecule has 2 aromatic rings. The first-order valence-corrected chi connectivity index (χ1v) is 8.40. The van der Waals surface area contributed by atoms with Gasteiger partial charge in [0.2, 0.25) is 0 Å². The van der Waals surface area contributed by atoms with Crippen molar-refractivity contribution in [1.82, 2.24) is 4.98 Å². The van der Waals surface area contributed by atoms with Gasteiger partial charge in [-0.1, -0.05) is 11.6 Å². The van der Waals surface area contributed by atoms with Crippen LogP contribution in [0.15, 0.2) is 24.4 Å². The minimum Gasteiger partial charge on any atom is -0.481 e. The lowest BCUT2D eigenvalue weighted by Crippen LogP contribution is -2.32. The summed E-state index contributed by atoms with van der Waals surface area (Å²) in [5.41, 5.74) is 2.10. The van der Waals surface area contributed by atoms with Crippen molar-refractivity contribution >= 4 is 28.5 Å². The number of nitrogens with zero attached hydrogens (tertiary/aromatic N) is 2. The van der Waals surface area contributed by atoms with E-state index in [-0.39, 0.29) is 6.61 Å². The number of pyridine rings is 1. The van der Waals surface area contributed by atoms with Gasteiger partial charge in [-0.15, -0.1) is 0 Å². The molecular formula is C19H22N2O4. The van der Waals surface area contributed by atoms with Crippen LogP contribution in [0.1, 0.15) is 36.2 Å². The summed E-state index contributed by atoms with van der Waals surface area (Å²) in [7, 11) is 0. The van der Waals surface area contributed by atoms with Crippen molar-refractivity contribution in [2.24, 2.45) is 5.41 Å². The number of benzene rings is 1. The van der Waals surface area contributed by atoms with Crippen LogP contribution in [-0.4, -0.2) is 41.7 Å². The van der Waals surface area contributed by atoms with E-state index in [1.807, 2.05) is 30.0 Å². The monoisotopic (exact) mass is 342 g/mol. The van der Waals surface area contributed by atoms with Crippen LogP contribution in [0.3, 0.4) is 0 Å². The van der Waals surface area contributed by atoms with E-state index in [1.165, 1.54) is 6.20 Å². The molecular weight excluding hydrogens is 320 g/mol. The molecule has 3 rings (SSSR count). The molecule has 1 aliphatic heterocycles. The summed E-state index contributed by atoms with van der Waals surface area (Å²) < 4.78 is 5.18. The second-order valence-corrected chi connectivity index (χ2v) is 6.80. The zero-order valence-corrected chi connectivity index (χ0v) is 14.7. The first-order valence-electron chi connectivity index (χ1n) is 8.40. The minimum absolute atomic E-state index is 0.275. The Kier molecular flexibility index (Phi) is 4.37. The van der Waals surface area contributed by atoms with Gasteiger partial charge in [0.05, 0.1) is 23.2 Å². The molecule has 0 radical (unpaired) electrons. The standard InChI is InChI=1S/C19H22N2O4/c1-4-25-17(22)14-10-20-15-6-5-12(2)9-13(15)16(14)21-8-7-19(3,11-21)18(23)24/h5-6,9-10H,4,7-8,11H2,1-3H3,(H,23,24). The van der Waals surface area contributed by atoms with Crippen LogP contribution in [0.25, 0.3) is 10.9 Å². The molecule has 1 aromatic heterocycles. The maximum Gasteiger partial charge on any atom is 0.341 e. The summed E-state index contributed by atoms with van der Waals surface area (Å²) in [6, 6.07) is 5.86. The number of carbonyl (C=O) groups excluding carboxylic acids is 1. The number of esters is 1. The largest absolute Gasteiger partial charge is 0.481 e. The maximum atomic E-state index is 12.4. The van der Waals surface area contributed by atoms with E-state index in [9.17, 15) is 14.7 Å². The molecule has 1 atom stereocenters. The Morgan fingerprint density at radius 2 is 2.16 bits per heavy atom. The first-order chi connectivity index (χ1) is 11.9. The molecule has 0 spiro atoms. The van der Waals surface area contributed by atoms with E-state index in [4.69, 9.17) is 4.74 Å². The molecule has 6 heteroatoms. The van der Waals surface area contributed by atoms with Crippen molar-refractivity contribution in [1.29, 1.82) is 0 Å². The second kappa shape index (κ2) is 6.35. The molecule has 1 saturated heterocycles. The van der Waals surface area contributed by atoms with Crippen molar-refractivity contribution in [3.05, 3.63) is 35.5 Å². The Morgan fingerprint density at radius 3 is 2.80 bits per heavy atom. The highest BCUT2D eigenvalue weighted by molar-refractivity contribution is 6.05. The Morgan fingerprint density at radius 1 is 1.40 bits per heavy atom. The fourth-order valence-electron chi connectivity index (χ4n) is 3.32. The average molecular weight is 342 g/mol. The minimum atomic E-state index is -0.828. The Labute approximate surface area is 146 Å². The van der Waals surface area contributed by atoms with Gasteiger partial charge in [-0.25, -0.2) is 4.79 Å². The van der Waals surface area contributed by atoms with E-state index in [2.05, 4.69) is 4.98 Å². The van der Waals surface area contributed by atoms with E-state index in [0.29, 0.717) is 25.1 Å². The van der Waals surface area contributed by atoms with Gasteiger partial charge in [-0.05, 0) is 39.3 Å². The number of aryl methyl sites for hydroxylation is 1. The highest BCUT2D eigenvalue weighted by Gasteiger charge is 2.41. The summed E-state index contributed by atoms with van der Waals surface area (Å²) in [5.74, 6) is -1.25. The molecule has 1 aliphatic rings. The van der Waals surface area contributed by atoms with Crippen LogP contribution < -0.4 is 4.90 Å². The van der Waals surface area contributed by atoms with Gasteiger partial charge >= 0.3 is 11.9 Å². The lowest BCUT2D eigenvalue weighted by molar-refractivity contribution is -0.146. The molecule has 2 heterocycles. The Balaban J connectivity index is 2.16. The molecule has 0 saturated carbocycles. The Bertz CT molecular complexity index is 849. The normalized spacial score (nSPS) is 20.0. The number of fused-ring (bicyclic) bond motifs is 1. The van der Waals surface area contributed by atoms with E-state index >= 15 is 0 Å². The maximum absolute atomic E-state index is 12.4. The fourth-order valence-corrected chi connectivity index (χ4v) is 3.32. The molecule has 1 N–H and O–H groups in total. The van der Waals surface area contributed by atoms with Gasteiger partial charge < -0.3 is 14.7 Å². The average Bonchev–Trinajstić information content (AvgIpc) is 2.97. The quantitative estimate of drug-likeness (QED) is 0.861. The van der Waals surface area contributed by atoms with E-state index in [1.54, 1.807) is 13.8 Å². The highest BCUT2D eigenvalue weighted by Crippen LogP contribution is 2.38. The number of ether oxygens (including phenoxy) is 1. The second-order valence-electron chi connectivity index (χ2n) is 6.80. The molecule has 1 unspecified atom stereocenters. The lowest BCUT2D eigenvalue weighted by atomic mass is 9.90. The zero-order chi connectivity index (χ0) is 18.2. The van der Waals surface area contributed by atoms with Gasteiger partial charge in [0.15, 0.2) is 0 Å². The summed E-state index contributed by atoms with van der Waals surface area (Å²) in [5, 5.41) is 10.4. The third-order valence-corrected chi connectivity index (χ3v) is 4.80. The fraction of sp³-hybridized carbons (Fsp3) is 0.421. The number of carboxylic acids is 1. The van der Waals surface area contributed by atoms with Crippen molar-refractivity contribution < 1.29 is 19.4 Å². The first kappa shape index (κ1) is 17.2. The van der Waals surface area contributed by atoms with Crippen LogP contribution >= 0.6 is 0 Å². The number of aromatic nitrogens is 1. The molecule has 0 amide bonds. The molecule has 0 bridgehead atoms. The number of carbonyl (C=O) groups is 2. The molecule has 132 valence electrons. The third-order valence-electron chi connectivity index (χ3n) is 4.80. The summed E-state index contributed by atoms with van der Waals surface area (Å²) in [4.78, 5) is 30.4. The topological polar surface area (TPSA) is 79.7 Å². The van der Waals surface area contributed by atoms with Crippen LogP contribution in [0, 0.1) is 12.3 Å². The van der Waals surface area contributed by atoms with Crippen molar-refractivity contribution in [2.45, 2.75) is 27.2 Å². The van der Waals surface area contributed by atoms with Gasteiger partial charge in [-0.2, -0.15) is 0 Å². The predicted molar refractivity (Wildman–Crippen MR) is 95.0 cm³/mol. The van der Waals surface area contributed by atoms with Gasteiger partial charge in [0.1, 0.15) is 5.56 Å². The lowest BCUT2D eigenvalue weighted by Gasteiger charge is -2.25. The van der Waals surface area contributed by atoms with Crippen molar-refractivity contribution in [3.63, 3.8) is 0 Å². The van der Waals surface area contributed by atoms with Crippen LogP contribution in [0.2, 0.25) is 0 Å². The van der Waals surface area contributed by atoms with E-state index < -0.39 is 17.4 Å². The van der Waals surface area contributed by atoms with Crippen molar-refractivity contribution in [2.75, 3.05) is 24.6 Å². The number of aliphatic carboxylic acids is 1. The number of carboxylic acid groups (broad SMARTS) is 1. The summed E-state index contributed by atoms with van der Waals surface area (Å²) >= 11 is 0. The van der Waals surface area contributed by atoms with E-state index in [0.717, 1.165) is 22.2 Å². The van der Waals surface area contributed by atoms with Gasteiger partial charge in [0.25, 0.3) is 0 Å². The molecule has 25 heavy (non-hydrogen) atoms.